The van der Waals surface area contributed by atoms with Gasteiger partial charge in [-0.15, -0.1) is 11.8 Å². The first-order chi connectivity index (χ1) is 13.6. The van der Waals surface area contributed by atoms with Gasteiger partial charge in [0, 0.05) is 28.6 Å². The summed E-state index contributed by atoms with van der Waals surface area (Å²) >= 11 is 3.23. The maximum Gasteiger partial charge on any atom is 0.319 e. The molecular formula is C22H30N2O2S2. The minimum absolute atomic E-state index is 0.177. The number of benzene rings is 1. The molecule has 1 aromatic heterocycles. The fraction of sp³-hybridized carbons (Fsp3) is 0.500. The zero-order chi connectivity index (χ0) is 20.2. The quantitative estimate of drug-likeness (QED) is 0.176. The Morgan fingerprint density at radius 3 is 2.32 bits per heavy atom. The smallest absolute Gasteiger partial charge is 0.319 e. The Kier molecular flexibility index (Phi) is 10.4. The van der Waals surface area contributed by atoms with Gasteiger partial charge in [0.05, 0.1) is 6.61 Å². The van der Waals surface area contributed by atoms with Crippen molar-refractivity contribution in [2.75, 3.05) is 12.4 Å². The zero-order valence-electron chi connectivity index (χ0n) is 17.0. The molecule has 1 heterocycles. The number of aromatic nitrogens is 2. The number of ether oxygens (including phenoxy) is 1. The Labute approximate surface area is 177 Å². The van der Waals surface area contributed by atoms with Crippen molar-refractivity contribution in [1.29, 1.82) is 0 Å². The van der Waals surface area contributed by atoms with Crippen LogP contribution in [0, 0.1) is 0 Å². The molecule has 0 saturated carbocycles. The number of hydrogen-bond donors (Lipinski definition) is 0. The van der Waals surface area contributed by atoms with Gasteiger partial charge < -0.3 is 4.74 Å². The molecule has 28 heavy (non-hydrogen) atoms. The van der Waals surface area contributed by atoms with Crippen LogP contribution in [-0.4, -0.2) is 33.5 Å². The first-order valence-electron chi connectivity index (χ1n) is 10.0. The van der Waals surface area contributed by atoms with E-state index in [4.69, 9.17) is 4.74 Å². The molecule has 2 aromatic rings. The number of unbranched alkanes of at least 4 members (excludes halogenated alkanes) is 4. The first-order valence-corrected chi connectivity index (χ1v) is 11.9. The van der Waals surface area contributed by atoms with Gasteiger partial charge >= 0.3 is 5.97 Å². The highest BCUT2D eigenvalue weighted by molar-refractivity contribution is 8.00. The van der Waals surface area contributed by atoms with Crippen molar-refractivity contribution in [2.45, 2.75) is 68.2 Å². The highest BCUT2D eigenvalue weighted by Gasteiger charge is 2.15. The Bertz CT molecular complexity index is 705. The lowest BCUT2D eigenvalue weighted by Crippen LogP contribution is -2.16. The van der Waals surface area contributed by atoms with Crippen molar-refractivity contribution in [3.63, 3.8) is 0 Å². The van der Waals surface area contributed by atoms with E-state index in [9.17, 15) is 4.79 Å². The summed E-state index contributed by atoms with van der Waals surface area (Å²) in [6.07, 6.45) is 10.2. The predicted molar refractivity (Wildman–Crippen MR) is 119 cm³/mol. The Hall–Kier alpha value is -1.53. The molecule has 0 spiro atoms. The summed E-state index contributed by atoms with van der Waals surface area (Å²) in [7, 11) is 0. The second-order valence-electron chi connectivity index (χ2n) is 6.55. The molecule has 1 atom stereocenters. The van der Waals surface area contributed by atoms with E-state index in [-0.39, 0.29) is 11.2 Å². The number of hydrogen-bond acceptors (Lipinski definition) is 6. The van der Waals surface area contributed by atoms with Gasteiger partial charge in [-0.3, -0.25) is 4.79 Å². The van der Waals surface area contributed by atoms with E-state index in [1.165, 1.54) is 43.9 Å². The van der Waals surface area contributed by atoms with Crippen LogP contribution in [0.1, 0.15) is 52.9 Å². The van der Waals surface area contributed by atoms with E-state index in [1.54, 1.807) is 11.8 Å². The highest BCUT2D eigenvalue weighted by Crippen LogP contribution is 2.27. The van der Waals surface area contributed by atoms with E-state index < -0.39 is 0 Å². The number of esters is 1. The molecule has 0 aliphatic heterocycles. The minimum Gasteiger partial charge on any atom is -0.465 e. The van der Waals surface area contributed by atoms with Crippen molar-refractivity contribution in [3.05, 3.63) is 36.7 Å². The third kappa shape index (κ3) is 7.84. The van der Waals surface area contributed by atoms with Crippen LogP contribution in [0.15, 0.2) is 46.7 Å². The predicted octanol–water partition coefficient (Wildman–Crippen LogP) is 6.25. The monoisotopic (exact) mass is 418 g/mol. The summed E-state index contributed by atoms with van der Waals surface area (Å²) < 4.78 is 5.05. The average molecular weight is 419 g/mol. The molecular weight excluding hydrogens is 388 g/mol. The molecule has 0 fully saturated rings. The summed E-state index contributed by atoms with van der Waals surface area (Å²) in [5, 5.41) is 0.627. The van der Waals surface area contributed by atoms with Crippen LogP contribution >= 0.6 is 23.5 Å². The fourth-order valence-corrected chi connectivity index (χ4v) is 4.30. The zero-order valence-corrected chi connectivity index (χ0v) is 18.7. The van der Waals surface area contributed by atoms with Crippen LogP contribution in [0.2, 0.25) is 0 Å². The van der Waals surface area contributed by atoms with Crippen LogP contribution < -0.4 is 0 Å². The lowest BCUT2D eigenvalue weighted by molar-refractivity contribution is -0.142. The van der Waals surface area contributed by atoms with Gasteiger partial charge in [0.2, 0.25) is 0 Å². The number of nitrogens with zero attached hydrogens (tertiary/aromatic N) is 2. The maximum absolute atomic E-state index is 11.7. The molecule has 6 heteroatoms. The standard InChI is InChI=1S/C22H30N2O2S2/c1-4-6-7-8-9-14-27-22-23-15-19(16-24-22)18-10-12-20(13-11-18)28-17(3)21(25)26-5-2/h10-13,15-17H,4-9,14H2,1-3H3/t17-/m1/s1. The third-order valence-electron chi connectivity index (χ3n) is 4.23. The van der Waals surface area contributed by atoms with E-state index in [0.717, 1.165) is 26.9 Å². The summed E-state index contributed by atoms with van der Waals surface area (Å²) in [4.78, 5) is 21.8. The molecule has 0 N–H and O–H groups in total. The average Bonchev–Trinajstić information content (AvgIpc) is 2.72. The van der Waals surface area contributed by atoms with Crippen molar-refractivity contribution in [1.82, 2.24) is 9.97 Å². The van der Waals surface area contributed by atoms with Gasteiger partial charge in [-0.1, -0.05) is 56.5 Å². The van der Waals surface area contributed by atoms with Crippen LogP contribution in [0.5, 0.6) is 0 Å². The summed E-state index contributed by atoms with van der Waals surface area (Å²) in [5.41, 5.74) is 2.08. The van der Waals surface area contributed by atoms with Gasteiger partial charge in [0.15, 0.2) is 5.16 Å². The molecule has 4 nitrogen and oxygen atoms in total. The van der Waals surface area contributed by atoms with E-state index in [0.29, 0.717) is 6.61 Å². The first kappa shape index (κ1) is 22.8. The molecule has 0 amide bonds. The van der Waals surface area contributed by atoms with Crippen molar-refractivity contribution in [2.24, 2.45) is 0 Å². The fourth-order valence-electron chi connectivity index (χ4n) is 2.65. The normalized spacial score (nSPS) is 12.0. The third-order valence-corrected chi connectivity index (χ3v) is 6.28. The van der Waals surface area contributed by atoms with E-state index in [2.05, 4.69) is 16.9 Å². The van der Waals surface area contributed by atoms with E-state index in [1.807, 2.05) is 50.5 Å². The molecule has 0 radical (unpaired) electrons. The van der Waals surface area contributed by atoms with E-state index >= 15 is 0 Å². The van der Waals surface area contributed by atoms with Crippen LogP contribution in [-0.2, 0) is 9.53 Å². The highest BCUT2D eigenvalue weighted by atomic mass is 32.2. The summed E-state index contributed by atoms with van der Waals surface area (Å²) in [6.45, 7) is 6.34. The lowest BCUT2D eigenvalue weighted by atomic mass is 10.1. The second-order valence-corrected chi connectivity index (χ2v) is 9.03. The lowest BCUT2D eigenvalue weighted by Gasteiger charge is -2.10. The Morgan fingerprint density at radius 1 is 1.00 bits per heavy atom. The van der Waals surface area contributed by atoms with Crippen LogP contribution in [0.3, 0.4) is 0 Å². The van der Waals surface area contributed by atoms with Crippen molar-refractivity contribution < 1.29 is 9.53 Å². The maximum atomic E-state index is 11.7. The number of carbonyl (C=O) groups excluding carboxylic acids is 1. The summed E-state index contributed by atoms with van der Waals surface area (Å²) in [5.74, 6) is 0.900. The summed E-state index contributed by atoms with van der Waals surface area (Å²) in [6, 6.07) is 8.13. The van der Waals surface area contributed by atoms with Gasteiger partial charge in [-0.25, -0.2) is 9.97 Å². The largest absolute Gasteiger partial charge is 0.465 e. The molecule has 1 aromatic carbocycles. The van der Waals surface area contributed by atoms with Gasteiger partial charge in [0.25, 0.3) is 0 Å². The number of thioether (sulfide) groups is 2. The van der Waals surface area contributed by atoms with Gasteiger partial charge in [0.1, 0.15) is 5.25 Å². The van der Waals surface area contributed by atoms with Gasteiger partial charge in [-0.05, 0) is 38.0 Å². The number of carbonyl (C=O) groups is 1. The molecule has 0 aliphatic carbocycles. The molecule has 0 saturated heterocycles. The molecule has 152 valence electrons. The molecule has 2 rings (SSSR count). The van der Waals surface area contributed by atoms with Crippen LogP contribution in [0.4, 0.5) is 0 Å². The van der Waals surface area contributed by atoms with Gasteiger partial charge in [-0.2, -0.15) is 0 Å². The SMILES string of the molecule is CCCCCCCSc1ncc(-c2ccc(S[C@H](C)C(=O)OCC)cc2)cn1. The van der Waals surface area contributed by atoms with Crippen molar-refractivity contribution in [3.8, 4) is 11.1 Å². The second kappa shape index (κ2) is 12.8. The topological polar surface area (TPSA) is 52.1 Å². The van der Waals surface area contributed by atoms with Crippen LogP contribution in [0.25, 0.3) is 11.1 Å². The molecule has 0 bridgehead atoms. The molecule has 0 unspecified atom stereocenters. The number of rotatable bonds is 12. The Balaban J connectivity index is 1.84. The minimum atomic E-state index is -0.215. The van der Waals surface area contributed by atoms with Crippen molar-refractivity contribution >= 4 is 29.5 Å². The Morgan fingerprint density at radius 2 is 1.68 bits per heavy atom. The molecule has 0 aliphatic rings.